The number of nitrogens with two attached hydrogens (primary N) is 1. The number of hydrogen-bond acceptors (Lipinski definition) is 3. The van der Waals surface area contributed by atoms with Crippen molar-refractivity contribution in [2.75, 3.05) is 26.7 Å². The summed E-state index contributed by atoms with van der Waals surface area (Å²) >= 11 is 0. The first-order valence-electron chi connectivity index (χ1n) is 8.34. The van der Waals surface area contributed by atoms with E-state index in [0.29, 0.717) is 19.6 Å². The number of amides is 2. The summed E-state index contributed by atoms with van der Waals surface area (Å²) in [4.78, 5) is 26.6. The highest BCUT2D eigenvalue weighted by Gasteiger charge is 2.41. The smallest absolute Gasteiger partial charge is 0.230 e. The van der Waals surface area contributed by atoms with Gasteiger partial charge in [0.15, 0.2) is 0 Å². The molecule has 5 nitrogen and oxygen atoms in total. The van der Waals surface area contributed by atoms with Gasteiger partial charge in [0.2, 0.25) is 11.8 Å². The molecule has 1 saturated carbocycles. The molecule has 1 saturated heterocycles. The summed E-state index contributed by atoms with van der Waals surface area (Å²) in [6.07, 6.45) is 8.05. The quantitative estimate of drug-likeness (QED) is 0.770. The molecule has 0 spiro atoms. The Morgan fingerprint density at radius 1 is 1.14 bits per heavy atom. The Kier molecular flexibility index (Phi) is 5.62. The van der Waals surface area contributed by atoms with Gasteiger partial charge in [-0.2, -0.15) is 0 Å². The summed E-state index contributed by atoms with van der Waals surface area (Å²) < 4.78 is 0. The summed E-state index contributed by atoms with van der Waals surface area (Å²) in [6.45, 7) is 1.85. The van der Waals surface area contributed by atoms with E-state index in [0.717, 1.165) is 38.5 Å². The van der Waals surface area contributed by atoms with E-state index in [9.17, 15) is 9.59 Å². The number of carbonyl (C=O) groups excluding carboxylic acids is 2. The Morgan fingerprint density at radius 3 is 2.19 bits per heavy atom. The fourth-order valence-corrected chi connectivity index (χ4v) is 3.79. The lowest BCUT2D eigenvalue weighted by Crippen LogP contribution is -2.51. The zero-order chi connectivity index (χ0) is 15.3. The van der Waals surface area contributed by atoms with Crippen molar-refractivity contribution in [1.82, 2.24) is 10.2 Å². The third-order valence-electron chi connectivity index (χ3n) is 5.30. The summed E-state index contributed by atoms with van der Waals surface area (Å²) in [5.74, 6) is 0.398. The van der Waals surface area contributed by atoms with Gasteiger partial charge in [0.25, 0.3) is 0 Å². The molecule has 1 aliphatic heterocycles. The number of nitrogens with zero attached hydrogens (tertiary/aromatic N) is 1. The van der Waals surface area contributed by atoms with Crippen LogP contribution in [0.2, 0.25) is 0 Å². The maximum absolute atomic E-state index is 13.0. The van der Waals surface area contributed by atoms with Gasteiger partial charge in [0.05, 0.1) is 5.41 Å². The molecule has 21 heavy (non-hydrogen) atoms. The van der Waals surface area contributed by atoms with Crippen molar-refractivity contribution < 1.29 is 9.59 Å². The molecule has 1 heterocycles. The summed E-state index contributed by atoms with van der Waals surface area (Å²) in [5, 5.41) is 2.71. The van der Waals surface area contributed by atoms with Crippen LogP contribution in [-0.2, 0) is 9.59 Å². The van der Waals surface area contributed by atoms with Crippen molar-refractivity contribution >= 4 is 11.8 Å². The van der Waals surface area contributed by atoms with E-state index >= 15 is 0 Å². The predicted molar refractivity (Wildman–Crippen MR) is 82.6 cm³/mol. The van der Waals surface area contributed by atoms with Gasteiger partial charge < -0.3 is 16.0 Å². The van der Waals surface area contributed by atoms with Gasteiger partial charge in [-0.3, -0.25) is 9.59 Å². The van der Waals surface area contributed by atoms with Crippen LogP contribution in [-0.4, -0.2) is 43.4 Å². The molecule has 120 valence electrons. The largest absolute Gasteiger partial charge is 0.359 e. The second-order valence-electron chi connectivity index (χ2n) is 6.58. The van der Waals surface area contributed by atoms with Gasteiger partial charge in [0, 0.05) is 32.6 Å². The predicted octanol–water partition coefficient (Wildman–Crippen LogP) is 1.27. The van der Waals surface area contributed by atoms with Crippen LogP contribution < -0.4 is 11.1 Å². The second-order valence-corrected chi connectivity index (χ2v) is 6.58. The summed E-state index contributed by atoms with van der Waals surface area (Å²) in [7, 11) is 1.68. The van der Waals surface area contributed by atoms with E-state index in [4.69, 9.17) is 5.73 Å². The van der Waals surface area contributed by atoms with Crippen molar-refractivity contribution in [2.45, 2.75) is 51.4 Å². The summed E-state index contributed by atoms with van der Waals surface area (Å²) in [5.41, 5.74) is 5.66. The maximum atomic E-state index is 13.0. The van der Waals surface area contributed by atoms with Crippen molar-refractivity contribution in [3.8, 4) is 0 Å². The third-order valence-corrected chi connectivity index (χ3v) is 5.30. The Balaban J connectivity index is 1.98. The minimum absolute atomic E-state index is 0.0574. The van der Waals surface area contributed by atoms with Crippen LogP contribution in [0.3, 0.4) is 0 Å². The van der Waals surface area contributed by atoms with Crippen molar-refractivity contribution in [3.63, 3.8) is 0 Å². The molecule has 0 radical (unpaired) electrons. The third kappa shape index (κ3) is 3.57. The Morgan fingerprint density at radius 2 is 1.71 bits per heavy atom. The van der Waals surface area contributed by atoms with Crippen LogP contribution >= 0.6 is 0 Å². The van der Waals surface area contributed by atoms with Gasteiger partial charge in [-0.1, -0.05) is 25.7 Å². The minimum atomic E-state index is -0.337. The fraction of sp³-hybridized carbons (Fsp3) is 0.875. The van der Waals surface area contributed by atoms with E-state index in [1.807, 2.05) is 4.90 Å². The highest BCUT2D eigenvalue weighted by molar-refractivity contribution is 5.84. The monoisotopic (exact) mass is 295 g/mol. The zero-order valence-corrected chi connectivity index (χ0v) is 13.2. The van der Waals surface area contributed by atoms with Crippen LogP contribution in [0.5, 0.6) is 0 Å². The van der Waals surface area contributed by atoms with E-state index in [2.05, 4.69) is 5.32 Å². The molecule has 0 atom stereocenters. The average molecular weight is 295 g/mol. The zero-order valence-electron chi connectivity index (χ0n) is 13.2. The highest BCUT2D eigenvalue weighted by atomic mass is 16.2. The van der Waals surface area contributed by atoms with Gasteiger partial charge in [-0.25, -0.2) is 0 Å². The van der Waals surface area contributed by atoms with Crippen LogP contribution in [0.1, 0.15) is 51.4 Å². The molecule has 5 heteroatoms. The molecule has 1 aliphatic carbocycles. The number of hydrogen-bond donors (Lipinski definition) is 2. The molecule has 0 aromatic carbocycles. The van der Waals surface area contributed by atoms with Crippen LogP contribution in [0.25, 0.3) is 0 Å². The molecule has 3 N–H and O–H groups in total. The molecule has 2 rings (SSSR count). The lowest BCUT2D eigenvalue weighted by molar-refractivity contribution is -0.145. The second kappa shape index (κ2) is 7.25. The van der Waals surface area contributed by atoms with E-state index in [1.165, 1.54) is 12.8 Å². The first-order chi connectivity index (χ1) is 10.1. The van der Waals surface area contributed by atoms with Crippen molar-refractivity contribution in [3.05, 3.63) is 0 Å². The highest BCUT2D eigenvalue weighted by Crippen LogP contribution is 2.37. The first kappa shape index (κ1) is 16.3. The Bertz CT molecular complexity index is 368. The van der Waals surface area contributed by atoms with Crippen molar-refractivity contribution in [1.29, 1.82) is 0 Å². The number of piperidine rings is 1. The molecule has 0 bridgehead atoms. The fourth-order valence-electron chi connectivity index (χ4n) is 3.79. The van der Waals surface area contributed by atoms with Crippen LogP contribution in [0.4, 0.5) is 0 Å². The molecule has 0 aromatic heterocycles. The van der Waals surface area contributed by atoms with Crippen LogP contribution in [0.15, 0.2) is 0 Å². The summed E-state index contributed by atoms with van der Waals surface area (Å²) in [6, 6.07) is 0. The molecule has 0 aromatic rings. The lowest BCUT2D eigenvalue weighted by atomic mass is 9.78. The van der Waals surface area contributed by atoms with Gasteiger partial charge in [0.1, 0.15) is 0 Å². The van der Waals surface area contributed by atoms with Crippen molar-refractivity contribution in [2.24, 2.45) is 17.1 Å². The number of rotatable bonds is 3. The normalized spacial score (nSPS) is 23.4. The number of likely N-dealkylation sites (tertiary alicyclic amines) is 1. The number of nitrogens with one attached hydrogen (secondary N) is 1. The molecular formula is C16H29N3O2. The lowest BCUT2D eigenvalue weighted by Gasteiger charge is -2.39. The van der Waals surface area contributed by atoms with E-state index in [-0.39, 0.29) is 23.1 Å². The van der Waals surface area contributed by atoms with E-state index < -0.39 is 0 Å². The van der Waals surface area contributed by atoms with Gasteiger partial charge in [-0.05, 0) is 25.7 Å². The Labute approximate surface area is 127 Å². The maximum Gasteiger partial charge on any atom is 0.230 e. The molecule has 2 amide bonds. The Hall–Kier alpha value is -1.10. The standard InChI is InChI=1S/C16H29N3O2/c1-18-14(20)13-6-10-19(11-7-13)15(21)16(12-17)8-4-2-3-5-9-16/h13H,2-12,17H2,1H3,(H,18,20). The first-order valence-corrected chi connectivity index (χ1v) is 8.34. The van der Waals surface area contributed by atoms with Crippen LogP contribution in [0, 0.1) is 11.3 Å². The van der Waals surface area contributed by atoms with Gasteiger partial charge >= 0.3 is 0 Å². The number of carbonyl (C=O) groups is 2. The molecule has 2 aliphatic rings. The topological polar surface area (TPSA) is 75.4 Å². The molecule has 2 fully saturated rings. The van der Waals surface area contributed by atoms with E-state index in [1.54, 1.807) is 7.05 Å². The average Bonchev–Trinajstić information content (AvgIpc) is 2.80. The molecule has 0 unspecified atom stereocenters. The molecular weight excluding hydrogens is 266 g/mol. The van der Waals surface area contributed by atoms with Gasteiger partial charge in [-0.15, -0.1) is 0 Å². The SMILES string of the molecule is CNC(=O)C1CCN(C(=O)C2(CN)CCCCCC2)CC1. The minimum Gasteiger partial charge on any atom is -0.359 e.